The van der Waals surface area contributed by atoms with Crippen molar-refractivity contribution in [1.82, 2.24) is 4.98 Å². The van der Waals surface area contributed by atoms with E-state index < -0.39 is 0 Å². The molecule has 0 saturated carbocycles. The van der Waals surface area contributed by atoms with E-state index in [1.54, 1.807) is 11.8 Å². The number of hydrogen-bond donors (Lipinski definition) is 0. The highest BCUT2D eigenvalue weighted by atomic mass is 32.2. The Labute approximate surface area is 128 Å². The molecule has 0 radical (unpaired) electrons. The molecule has 0 unspecified atom stereocenters. The first-order chi connectivity index (χ1) is 10.1. The second-order valence-electron chi connectivity index (χ2n) is 5.03. The first-order valence-corrected chi connectivity index (χ1v) is 7.81. The lowest BCUT2D eigenvalue weighted by Crippen LogP contribution is -2.36. The van der Waals surface area contributed by atoms with Gasteiger partial charge in [0.05, 0.1) is 5.39 Å². The van der Waals surface area contributed by atoms with Crippen LogP contribution in [0.15, 0.2) is 53.4 Å². The standard InChI is InChI=1S/C17H16N2OS/c1-12-6-5-7-14(10-12)21-11-17-18-16-9-4-3-8-15(16)13(2)19(17)20/h3-10H,11H2,1-2H3. The Kier molecular flexibility index (Phi) is 3.80. The van der Waals surface area contributed by atoms with Gasteiger partial charge in [-0.25, -0.2) is 4.73 Å². The molecular weight excluding hydrogens is 280 g/mol. The van der Waals surface area contributed by atoms with Crippen LogP contribution in [-0.4, -0.2) is 4.98 Å². The molecule has 0 aliphatic heterocycles. The lowest BCUT2D eigenvalue weighted by Gasteiger charge is -2.11. The zero-order valence-corrected chi connectivity index (χ0v) is 12.9. The topological polar surface area (TPSA) is 39.8 Å². The third-order valence-corrected chi connectivity index (χ3v) is 4.43. The summed E-state index contributed by atoms with van der Waals surface area (Å²) in [7, 11) is 0. The van der Waals surface area contributed by atoms with E-state index in [1.807, 2.05) is 37.3 Å². The van der Waals surface area contributed by atoms with Gasteiger partial charge in [-0.05, 0) is 43.1 Å². The minimum Gasteiger partial charge on any atom is -0.711 e. The van der Waals surface area contributed by atoms with Crippen LogP contribution >= 0.6 is 11.8 Å². The quantitative estimate of drug-likeness (QED) is 0.419. The second-order valence-corrected chi connectivity index (χ2v) is 6.08. The van der Waals surface area contributed by atoms with Crippen LogP contribution < -0.4 is 4.73 Å². The first-order valence-electron chi connectivity index (χ1n) is 6.82. The highest BCUT2D eigenvalue weighted by molar-refractivity contribution is 7.98. The van der Waals surface area contributed by atoms with Gasteiger partial charge < -0.3 is 5.21 Å². The summed E-state index contributed by atoms with van der Waals surface area (Å²) >= 11 is 1.64. The smallest absolute Gasteiger partial charge is 0.312 e. The zero-order chi connectivity index (χ0) is 14.8. The summed E-state index contributed by atoms with van der Waals surface area (Å²) in [5.41, 5.74) is 2.81. The van der Waals surface area contributed by atoms with Crippen molar-refractivity contribution < 1.29 is 4.73 Å². The van der Waals surface area contributed by atoms with Gasteiger partial charge in [-0.3, -0.25) is 0 Å². The van der Waals surface area contributed by atoms with Gasteiger partial charge in [-0.1, -0.05) is 29.8 Å². The summed E-state index contributed by atoms with van der Waals surface area (Å²) in [6, 6.07) is 16.0. The van der Waals surface area contributed by atoms with Crippen LogP contribution in [-0.2, 0) is 5.75 Å². The fraction of sp³-hybridized carbons (Fsp3) is 0.176. The van der Waals surface area contributed by atoms with E-state index in [4.69, 9.17) is 0 Å². The van der Waals surface area contributed by atoms with Crippen LogP contribution in [0.3, 0.4) is 0 Å². The van der Waals surface area contributed by atoms with Crippen LogP contribution in [0.25, 0.3) is 10.9 Å². The zero-order valence-electron chi connectivity index (χ0n) is 12.0. The van der Waals surface area contributed by atoms with Gasteiger partial charge in [0.1, 0.15) is 11.4 Å². The molecule has 3 aromatic rings. The number of para-hydroxylation sites is 1. The Balaban J connectivity index is 1.92. The Morgan fingerprint density at radius 2 is 1.90 bits per heavy atom. The summed E-state index contributed by atoms with van der Waals surface area (Å²) in [6.45, 7) is 3.91. The van der Waals surface area contributed by atoms with Crippen LogP contribution in [0.1, 0.15) is 17.1 Å². The molecule has 0 amide bonds. The third kappa shape index (κ3) is 2.85. The molecule has 1 aromatic heterocycles. The summed E-state index contributed by atoms with van der Waals surface area (Å²) < 4.78 is 0.950. The molecule has 4 heteroatoms. The Bertz CT molecular complexity index is 802. The normalized spacial score (nSPS) is 11.0. The van der Waals surface area contributed by atoms with Crippen LogP contribution in [0.5, 0.6) is 0 Å². The minimum absolute atomic E-state index is 0.553. The van der Waals surface area contributed by atoms with Gasteiger partial charge in [0.15, 0.2) is 5.52 Å². The van der Waals surface area contributed by atoms with Crippen LogP contribution in [0, 0.1) is 19.1 Å². The number of hydrogen-bond acceptors (Lipinski definition) is 3. The van der Waals surface area contributed by atoms with Crippen molar-refractivity contribution in [2.24, 2.45) is 0 Å². The van der Waals surface area contributed by atoms with Gasteiger partial charge in [0, 0.05) is 4.90 Å². The number of aromatic nitrogens is 2. The molecule has 3 nitrogen and oxygen atoms in total. The van der Waals surface area contributed by atoms with E-state index >= 15 is 0 Å². The van der Waals surface area contributed by atoms with Gasteiger partial charge in [0.25, 0.3) is 0 Å². The van der Waals surface area contributed by atoms with Crippen molar-refractivity contribution in [3.63, 3.8) is 0 Å². The number of rotatable bonds is 3. The SMILES string of the molecule is Cc1cccc(SCc2nc3ccccc3c(C)[n+]2[O-])c1. The Hall–Kier alpha value is -2.07. The molecule has 0 atom stereocenters. The Morgan fingerprint density at radius 3 is 2.71 bits per heavy atom. The molecule has 3 rings (SSSR count). The molecule has 106 valence electrons. The fourth-order valence-corrected chi connectivity index (χ4v) is 3.23. The summed E-state index contributed by atoms with van der Waals surface area (Å²) in [5, 5.41) is 13.2. The van der Waals surface area contributed by atoms with Gasteiger partial charge >= 0.3 is 5.82 Å². The first kappa shape index (κ1) is 13.9. The summed E-state index contributed by atoms with van der Waals surface area (Å²) in [6.07, 6.45) is 0. The van der Waals surface area contributed by atoms with Gasteiger partial charge in [-0.15, -0.1) is 11.8 Å². The van der Waals surface area contributed by atoms with Crippen LogP contribution in [0.4, 0.5) is 0 Å². The van der Waals surface area contributed by atoms with E-state index in [1.165, 1.54) is 5.56 Å². The molecule has 0 aliphatic rings. The number of nitrogens with zero attached hydrogens (tertiary/aromatic N) is 2. The largest absolute Gasteiger partial charge is 0.711 e. The maximum Gasteiger partial charge on any atom is 0.312 e. The van der Waals surface area contributed by atoms with Crippen molar-refractivity contribution in [3.8, 4) is 0 Å². The molecule has 0 spiro atoms. The van der Waals surface area contributed by atoms with Crippen molar-refractivity contribution in [2.45, 2.75) is 24.5 Å². The predicted octanol–water partition coefficient (Wildman–Crippen LogP) is 3.78. The third-order valence-electron chi connectivity index (χ3n) is 3.44. The lowest BCUT2D eigenvalue weighted by molar-refractivity contribution is -0.621. The van der Waals surface area contributed by atoms with Crippen molar-refractivity contribution in [3.05, 3.63) is 70.8 Å². The van der Waals surface area contributed by atoms with E-state index in [2.05, 4.69) is 30.1 Å². The van der Waals surface area contributed by atoms with E-state index in [0.717, 1.165) is 20.5 Å². The van der Waals surface area contributed by atoms with E-state index in [-0.39, 0.29) is 0 Å². The van der Waals surface area contributed by atoms with Crippen molar-refractivity contribution in [2.75, 3.05) is 0 Å². The maximum absolute atomic E-state index is 12.3. The number of benzene rings is 2. The average molecular weight is 296 g/mol. The number of thioether (sulfide) groups is 1. The number of aryl methyl sites for hydroxylation is 2. The molecule has 0 aliphatic carbocycles. The molecule has 0 bridgehead atoms. The molecule has 1 heterocycles. The van der Waals surface area contributed by atoms with Crippen molar-refractivity contribution in [1.29, 1.82) is 0 Å². The molecular formula is C17H16N2OS. The fourth-order valence-electron chi connectivity index (χ4n) is 2.31. The number of fused-ring (bicyclic) bond motifs is 1. The maximum atomic E-state index is 12.3. The van der Waals surface area contributed by atoms with Crippen molar-refractivity contribution >= 4 is 22.7 Å². The molecule has 0 saturated heterocycles. The summed E-state index contributed by atoms with van der Waals surface area (Å²) in [4.78, 5) is 5.66. The second kappa shape index (κ2) is 5.74. The predicted molar refractivity (Wildman–Crippen MR) is 86.2 cm³/mol. The monoisotopic (exact) mass is 296 g/mol. The Morgan fingerprint density at radius 1 is 1.10 bits per heavy atom. The highest BCUT2D eigenvalue weighted by Gasteiger charge is 2.15. The molecule has 2 aromatic carbocycles. The highest BCUT2D eigenvalue weighted by Crippen LogP contribution is 2.23. The van der Waals surface area contributed by atoms with E-state index in [0.29, 0.717) is 17.3 Å². The van der Waals surface area contributed by atoms with Gasteiger partial charge in [-0.2, -0.15) is 0 Å². The van der Waals surface area contributed by atoms with E-state index in [9.17, 15) is 5.21 Å². The van der Waals surface area contributed by atoms with Crippen LogP contribution in [0.2, 0.25) is 0 Å². The minimum atomic E-state index is 0.553. The molecule has 0 N–H and O–H groups in total. The molecule has 21 heavy (non-hydrogen) atoms. The molecule has 0 fully saturated rings. The average Bonchev–Trinajstić information content (AvgIpc) is 2.50. The lowest BCUT2D eigenvalue weighted by atomic mass is 10.2. The van der Waals surface area contributed by atoms with Gasteiger partial charge in [0.2, 0.25) is 0 Å². The summed E-state index contributed by atoms with van der Waals surface area (Å²) in [5.74, 6) is 1.12.